The van der Waals surface area contributed by atoms with E-state index < -0.39 is 11.9 Å². The van der Waals surface area contributed by atoms with Gasteiger partial charge in [-0.2, -0.15) is 5.10 Å². The second-order valence-corrected chi connectivity index (χ2v) is 17.3. The number of ether oxygens (including phenoxy) is 3. The molecule has 3 fully saturated rings. The number of para-hydroxylation sites is 1. The van der Waals surface area contributed by atoms with Gasteiger partial charge in [-0.3, -0.25) is 29.4 Å². The zero-order valence-electron chi connectivity index (χ0n) is 35.2. The predicted octanol–water partition coefficient (Wildman–Crippen LogP) is 5.06. The molecule has 1 spiro atoms. The quantitative estimate of drug-likeness (QED) is 0.133. The van der Waals surface area contributed by atoms with E-state index in [1.165, 1.54) is 6.33 Å². The molecule has 0 saturated carbocycles. The van der Waals surface area contributed by atoms with Gasteiger partial charge in [-0.1, -0.05) is 18.2 Å². The third-order valence-electron chi connectivity index (χ3n) is 13.4. The smallest absolute Gasteiger partial charge is 0.255 e. The number of nitrogen functional groups attached to an aromatic ring is 1. The van der Waals surface area contributed by atoms with E-state index in [2.05, 4.69) is 20.2 Å². The maximum Gasteiger partial charge on any atom is 0.255 e. The van der Waals surface area contributed by atoms with Crippen LogP contribution < -0.4 is 20.5 Å². The third-order valence-corrected chi connectivity index (χ3v) is 13.4. The highest BCUT2D eigenvalue weighted by Gasteiger charge is 2.43. The summed E-state index contributed by atoms with van der Waals surface area (Å²) in [6.07, 6.45) is 7.38. The molecule has 5 aromatic rings. The van der Waals surface area contributed by atoms with Crippen molar-refractivity contribution in [2.45, 2.75) is 82.0 Å². The van der Waals surface area contributed by atoms with Crippen LogP contribution in [0.5, 0.6) is 17.2 Å². The van der Waals surface area contributed by atoms with E-state index in [0.29, 0.717) is 62.7 Å². The fourth-order valence-corrected chi connectivity index (χ4v) is 9.90. The summed E-state index contributed by atoms with van der Waals surface area (Å²) in [4.78, 5) is 65.7. The second-order valence-electron chi connectivity index (χ2n) is 17.3. The Morgan fingerprint density at radius 2 is 1.71 bits per heavy atom. The number of carbonyl (C=O) groups excluding carboxylic acids is 4. The number of anilines is 1. The third kappa shape index (κ3) is 8.20. The maximum absolute atomic E-state index is 13.3. The molecule has 7 heterocycles. The van der Waals surface area contributed by atoms with Gasteiger partial charge in [0.1, 0.15) is 46.7 Å². The molecule has 63 heavy (non-hydrogen) atoms. The Hall–Kier alpha value is -6.39. The summed E-state index contributed by atoms with van der Waals surface area (Å²) in [5.41, 5.74) is 10.9. The molecule has 4 amide bonds. The first-order valence-electron chi connectivity index (χ1n) is 22.1. The molecule has 0 radical (unpaired) electrons. The molecule has 0 bridgehead atoms. The molecule has 3 aromatic carbocycles. The Bertz CT molecular complexity index is 2560. The molecule has 5 aliphatic heterocycles. The normalized spacial score (nSPS) is 21.0. The van der Waals surface area contributed by atoms with Crippen LogP contribution in [0.1, 0.15) is 78.9 Å². The molecule has 326 valence electrons. The highest BCUT2D eigenvalue weighted by molar-refractivity contribution is 6.05. The minimum atomic E-state index is -0.652. The molecule has 10 rings (SSSR count). The topological polar surface area (TPSA) is 187 Å². The summed E-state index contributed by atoms with van der Waals surface area (Å²) in [7, 11) is 0. The fraction of sp³-hybridized carbons (Fsp3) is 0.426. The van der Waals surface area contributed by atoms with Crippen LogP contribution >= 0.6 is 0 Å². The van der Waals surface area contributed by atoms with Crippen molar-refractivity contribution in [2.75, 3.05) is 51.7 Å². The Morgan fingerprint density at radius 3 is 2.52 bits per heavy atom. The van der Waals surface area contributed by atoms with Gasteiger partial charge in [0.25, 0.3) is 5.91 Å². The van der Waals surface area contributed by atoms with E-state index in [0.717, 1.165) is 103 Å². The summed E-state index contributed by atoms with van der Waals surface area (Å²) in [5.74, 6) is 1.86. The Balaban J connectivity index is 0.688. The summed E-state index contributed by atoms with van der Waals surface area (Å²) >= 11 is 0. The van der Waals surface area contributed by atoms with Crippen LogP contribution in [0.4, 0.5) is 5.82 Å². The number of nitrogens with one attached hydrogen (secondary N) is 1. The molecule has 16 heteroatoms. The Morgan fingerprint density at radius 1 is 0.905 bits per heavy atom. The lowest BCUT2D eigenvalue weighted by Crippen LogP contribution is -2.52. The Kier molecular flexibility index (Phi) is 11.0. The monoisotopic (exact) mass is 853 g/mol. The van der Waals surface area contributed by atoms with Crippen molar-refractivity contribution in [1.29, 1.82) is 0 Å². The number of fused-ring (bicyclic) bond motifs is 3. The minimum Gasteiger partial charge on any atom is -0.487 e. The highest BCUT2D eigenvalue weighted by atomic mass is 16.5. The van der Waals surface area contributed by atoms with Crippen molar-refractivity contribution in [3.63, 3.8) is 0 Å². The van der Waals surface area contributed by atoms with Crippen LogP contribution in [-0.2, 0) is 32.1 Å². The first-order chi connectivity index (χ1) is 30.7. The number of hydrogen-bond acceptors (Lipinski definition) is 12. The van der Waals surface area contributed by atoms with Gasteiger partial charge in [0.2, 0.25) is 17.7 Å². The lowest BCUT2D eigenvalue weighted by atomic mass is 9.82. The number of rotatable bonds is 11. The lowest BCUT2D eigenvalue weighted by molar-refractivity contribution is -0.137. The molecular formula is C47H51N9O7. The SMILES string of the molecule is Nc1ncnc2c1c(-c1ccc(Oc3ccccc3)cc1)nn2[C@@H]1CCCN(CCOCCC(=O)N2CCC3(CCc4cc5c(cc4O3)CN(C3CCC(=O)NC3=O)C5=O)CC2)C1. The van der Waals surface area contributed by atoms with Gasteiger partial charge in [0.15, 0.2) is 5.65 Å². The summed E-state index contributed by atoms with van der Waals surface area (Å²) in [6.45, 7) is 4.91. The van der Waals surface area contributed by atoms with Gasteiger partial charge in [-0.25, -0.2) is 14.6 Å². The van der Waals surface area contributed by atoms with Gasteiger partial charge in [0, 0.05) is 63.1 Å². The molecule has 0 aliphatic carbocycles. The number of amides is 4. The molecule has 5 aliphatic rings. The minimum absolute atomic E-state index is 0.0879. The second kappa shape index (κ2) is 17.1. The van der Waals surface area contributed by atoms with Gasteiger partial charge in [-0.15, -0.1) is 0 Å². The van der Waals surface area contributed by atoms with E-state index in [9.17, 15) is 19.2 Å². The van der Waals surface area contributed by atoms with E-state index in [-0.39, 0.29) is 35.8 Å². The number of piperidine rings is 3. The van der Waals surface area contributed by atoms with Crippen LogP contribution in [0.2, 0.25) is 0 Å². The summed E-state index contributed by atoms with van der Waals surface area (Å²) < 4.78 is 20.7. The summed E-state index contributed by atoms with van der Waals surface area (Å²) in [6, 6.07) is 20.8. The zero-order chi connectivity index (χ0) is 43.1. The van der Waals surface area contributed by atoms with Crippen molar-refractivity contribution >= 4 is 40.5 Å². The summed E-state index contributed by atoms with van der Waals surface area (Å²) in [5, 5.41) is 8.20. The van der Waals surface area contributed by atoms with E-state index >= 15 is 0 Å². The number of hydrogen-bond donors (Lipinski definition) is 2. The molecule has 16 nitrogen and oxygen atoms in total. The van der Waals surface area contributed by atoms with E-state index in [1.807, 2.05) is 76.3 Å². The Labute approximate surface area is 364 Å². The lowest BCUT2D eigenvalue weighted by Gasteiger charge is -2.44. The van der Waals surface area contributed by atoms with Crippen molar-refractivity contribution < 1.29 is 33.4 Å². The van der Waals surface area contributed by atoms with Crippen LogP contribution in [0.15, 0.2) is 73.1 Å². The number of aromatic nitrogens is 4. The van der Waals surface area contributed by atoms with Crippen LogP contribution in [0, 0.1) is 0 Å². The number of imide groups is 1. The van der Waals surface area contributed by atoms with Crippen LogP contribution in [0.3, 0.4) is 0 Å². The first kappa shape index (κ1) is 40.7. The molecular weight excluding hydrogens is 803 g/mol. The van der Waals surface area contributed by atoms with Crippen molar-refractivity contribution in [2.24, 2.45) is 0 Å². The molecule has 1 unspecified atom stereocenters. The zero-order valence-corrected chi connectivity index (χ0v) is 35.2. The van der Waals surface area contributed by atoms with Gasteiger partial charge in [-0.05, 0) is 98.3 Å². The molecule has 3 saturated heterocycles. The molecule has 2 atom stereocenters. The predicted molar refractivity (Wildman–Crippen MR) is 232 cm³/mol. The largest absolute Gasteiger partial charge is 0.487 e. The van der Waals surface area contributed by atoms with Crippen molar-refractivity contribution in [3.8, 4) is 28.5 Å². The van der Waals surface area contributed by atoms with Crippen molar-refractivity contribution in [1.82, 2.24) is 39.8 Å². The van der Waals surface area contributed by atoms with Gasteiger partial charge >= 0.3 is 0 Å². The van der Waals surface area contributed by atoms with Gasteiger partial charge < -0.3 is 29.7 Å². The number of benzene rings is 3. The number of carbonyl (C=O) groups is 4. The maximum atomic E-state index is 13.3. The first-order valence-corrected chi connectivity index (χ1v) is 22.1. The number of nitrogens with two attached hydrogens (primary N) is 1. The molecule has 2 aromatic heterocycles. The average molecular weight is 854 g/mol. The highest BCUT2D eigenvalue weighted by Crippen LogP contribution is 2.43. The van der Waals surface area contributed by atoms with Crippen LogP contribution in [-0.4, -0.2) is 116 Å². The van der Waals surface area contributed by atoms with Gasteiger partial charge in [0.05, 0.1) is 31.1 Å². The number of nitrogens with zero attached hydrogens (tertiary/aromatic N) is 7. The number of likely N-dealkylation sites (tertiary alicyclic amines) is 2. The standard InChI is InChI=1S/C47H51N9O7/c48-43-41-42(30-8-10-35(11-9-30)62-34-6-2-1-3-7-34)52-56(44(41)50-29-49-43)33-5-4-19-53(28-33)22-24-61-23-15-40(58)54-20-17-47(18-21-54)16-14-31-25-36-32(26-38(31)63-47)27-55(46(36)60)37-12-13-39(57)51-45(37)59/h1-3,6-11,25-26,29,33,37H,4-5,12-24,27-28H2,(H2,48,49,50)(H,51,57,59)/t33-,37?/m1/s1. The average Bonchev–Trinajstić information content (AvgIpc) is 3.84. The van der Waals surface area contributed by atoms with E-state index in [1.54, 1.807) is 4.90 Å². The fourth-order valence-electron chi connectivity index (χ4n) is 9.90. The van der Waals surface area contributed by atoms with Crippen LogP contribution in [0.25, 0.3) is 22.3 Å². The molecule has 3 N–H and O–H groups in total. The number of aryl methyl sites for hydroxylation is 1. The van der Waals surface area contributed by atoms with E-state index in [4.69, 9.17) is 25.0 Å². The van der Waals surface area contributed by atoms with Crippen molar-refractivity contribution in [3.05, 3.63) is 89.7 Å².